The van der Waals surface area contributed by atoms with Gasteiger partial charge in [0.2, 0.25) is 0 Å². The highest BCUT2D eigenvalue weighted by atomic mass is 35.5. The molecule has 5 nitrogen and oxygen atoms in total. The molecule has 0 bridgehead atoms. The summed E-state index contributed by atoms with van der Waals surface area (Å²) < 4.78 is 52.5. The molecule has 30 heavy (non-hydrogen) atoms. The van der Waals surface area contributed by atoms with E-state index in [1.165, 1.54) is 40.2 Å². The summed E-state index contributed by atoms with van der Waals surface area (Å²) in [5.41, 5.74) is 6.20. The van der Waals surface area contributed by atoms with Crippen LogP contribution in [-0.4, -0.2) is 23.4 Å². The Morgan fingerprint density at radius 1 is 1.20 bits per heavy atom. The first kappa shape index (κ1) is 21.9. The molecule has 1 atom stereocenters. The number of nitrogens with zero attached hydrogens (tertiary/aromatic N) is 2. The number of hydrogen-bond donors (Lipinski definition) is 2. The average molecular weight is 443 g/mol. The molecule has 1 aliphatic heterocycles. The second kappa shape index (κ2) is 8.16. The lowest BCUT2D eigenvalue weighted by molar-refractivity contribution is -0.137. The van der Waals surface area contributed by atoms with Crippen molar-refractivity contribution >= 4 is 23.2 Å². The first-order valence-electron chi connectivity index (χ1n) is 8.98. The van der Waals surface area contributed by atoms with E-state index >= 15 is 0 Å². The van der Waals surface area contributed by atoms with E-state index in [9.17, 15) is 22.4 Å². The van der Waals surface area contributed by atoms with Gasteiger partial charge in [0.25, 0.3) is 5.91 Å². The van der Waals surface area contributed by atoms with Crippen LogP contribution in [0, 0.1) is 5.82 Å². The van der Waals surface area contributed by atoms with Gasteiger partial charge in [-0.15, -0.1) is 0 Å². The number of nitrogens with two attached hydrogens (primary N) is 2. The smallest absolute Gasteiger partial charge is 0.399 e. The van der Waals surface area contributed by atoms with E-state index in [4.69, 9.17) is 23.2 Å². The van der Waals surface area contributed by atoms with Crippen LogP contribution in [0.1, 0.15) is 29.3 Å². The monoisotopic (exact) mass is 442 g/mol. The molecule has 2 aromatic carbocycles. The zero-order valence-corrected chi connectivity index (χ0v) is 16.6. The highest BCUT2D eigenvalue weighted by Gasteiger charge is 2.37. The Balaban J connectivity index is 1.89. The van der Waals surface area contributed by atoms with Gasteiger partial charge in [0.05, 0.1) is 39.3 Å². The third-order valence-corrected chi connectivity index (χ3v) is 5.44. The van der Waals surface area contributed by atoms with Crippen LogP contribution >= 0.6 is 11.6 Å². The molecule has 1 aliphatic rings. The number of carbonyl (C=O) groups is 1. The van der Waals surface area contributed by atoms with Crippen LogP contribution in [0.3, 0.4) is 0 Å². The Hall–Kier alpha value is -2.78. The van der Waals surface area contributed by atoms with Crippen molar-refractivity contribution in [1.29, 1.82) is 0 Å². The summed E-state index contributed by atoms with van der Waals surface area (Å²) in [5, 5.41) is 0.659. The van der Waals surface area contributed by atoms with Crippen molar-refractivity contribution in [3.8, 4) is 0 Å². The number of halogens is 5. The summed E-state index contributed by atoms with van der Waals surface area (Å²) in [4.78, 5) is 14.3. The molecule has 160 valence electrons. The maximum atomic E-state index is 13.1. The van der Waals surface area contributed by atoms with Crippen molar-refractivity contribution in [3.63, 3.8) is 0 Å². The minimum absolute atomic E-state index is 0.164. The minimum atomic E-state index is -4.68. The highest BCUT2D eigenvalue weighted by Crippen LogP contribution is 2.37. The quantitative estimate of drug-likeness (QED) is 0.422. The van der Waals surface area contributed by atoms with Crippen molar-refractivity contribution < 1.29 is 22.4 Å². The number of benzene rings is 2. The molecular formula is C20H19ClF4N4O. The van der Waals surface area contributed by atoms with E-state index < -0.39 is 34.5 Å². The number of anilines is 1. The zero-order chi connectivity index (χ0) is 22.2. The number of rotatable bonds is 3. The number of alkyl halides is 3. The van der Waals surface area contributed by atoms with E-state index in [2.05, 4.69) is 0 Å². The standard InChI is InChI=1S/C20H19ClF4N4O/c1-11-18(26)16(29(27)13-7-5-12(22)6-8-13)9-10-28(11)19(30)14-3-2-4-15(17(14)21)20(23,24)25/h2-8,11H,9-10,26-27H2,1H3. The van der Waals surface area contributed by atoms with Crippen LogP contribution in [0.5, 0.6) is 0 Å². The molecule has 0 fully saturated rings. The maximum Gasteiger partial charge on any atom is 0.417 e. The molecule has 0 aromatic heterocycles. The van der Waals surface area contributed by atoms with Crippen molar-refractivity contribution in [1.82, 2.24) is 4.90 Å². The van der Waals surface area contributed by atoms with Crippen LogP contribution in [0.15, 0.2) is 53.9 Å². The predicted octanol–water partition coefficient (Wildman–Crippen LogP) is 4.28. The normalized spacial score (nSPS) is 17.3. The first-order valence-corrected chi connectivity index (χ1v) is 9.35. The van der Waals surface area contributed by atoms with Crippen molar-refractivity contribution in [3.05, 3.63) is 75.8 Å². The average Bonchev–Trinajstić information content (AvgIpc) is 2.69. The van der Waals surface area contributed by atoms with Crippen molar-refractivity contribution in [2.24, 2.45) is 11.6 Å². The van der Waals surface area contributed by atoms with Gasteiger partial charge in [-0.2, -0.15) is 13.2 Å². The molecule has 10 heteroatoms. The van der Waals surface area contributed by atoms with Crippen LogP contribution in [-0.2, 0) is 6.18 Å². The number of hydrogen-bond acceptors (Lipinski definition) is 4. The molecular weight excluding hydrogens is 424 g/mol. The SMILES string of the molecule is CC1C(N)=C(N(N)c2ccc(F)cc2)CCN1C(=O)c1cccc(C(F)(F)F)c1Cl. The minimum Gasteiger partial charge on any atom is -0.399 e. The second-order valence-electron chi connectivity index (χ2n) is 6.84. The van der Waals surface area contributed by atoms with Crippen LogP contribution in [0.2, 0.25) is 5.02 Å². The van der Waals surface area contributed by atoms with Crippen LogP contribution in [0.25, 0.3) is 0 Å². The first-order chi connectivity index (χ1) is 14.0. The largest absolute Gasteiger partial charge is 0.417 e. The van der Waals surface area contributed by atoms with Gasteiger partial charge in [0.15, 0.2) is 0 Å². The summed E-state index contributed by atoms with van der Waals surface area (Å²) >= 11 is 5.89. The molecule has 2 aromatic rings. The summed E-state index contributed by atoms with van der Waals surface area (Å²) in [6.45, 7) is 1.81. The van der Waals surface area contributed by atoms with Gasteiger partial charge in [-0.3, -0.25) is 9.80 Å². The molecule has 0 aliphatic carbocycles. The third-order valence-electron chi connectivity index (χ3n) is 5.03. The van der Waals surface area contributed by atoms with Gasteiger partial charge in [-0.25, -0.2) is 10.2 Å². The van der Waals surface area contributed by atoms with Gasteiger partial charge in [0, 0.05) is 13.0 Å². The Bertz CT molecular complexity index is 991. The van der Waals surface area contributed by atoms with Gasteiger partial charge in [-0.05, 0) is 43.3 Å². The molecule has 1 heterocycles. The molecule has 3 rings (SSSR count). The second-order valence-corrected chi connectivity index (χ2v) is 7.22. The van der Waals surface area contributed by atoms with Crippen LogP contribution in [0.4, 0.5) is 23.2 Å². The Labute approximate surface area is 175 Å². The van der Waals surface area contributed by atoms with Gasteiger partial charge in [0.1, 0.15) is 5.82 Å². The summed E-state index contributed by atoms with van der Waals surface area (Å²) in [5.74, 6) is 5.04. The number of hydrazine groups is 1. The van der Waals surface area contributed by atoms with E-state index in [-0.39, 0.29) is 24.2 Å². The number of carbonyl (C=O) groups excluding carboxylic acids is 1. The van der Waals surface area contributed by atoms with E-state index in [0.29, 0.717) is 11.4 Å². The molecule has 0 spiro atoms. The third kappa shape index (κ3) is 4.08. The fourth-order valence-electron chi connectivity index (χ4n) is 3.34. The number of amides is 1. The topological polar surface area (TPSA) is 75.6 Å². The van der Waals surface area contributed by atoms with E-state index in [1.807, 2.05) is 0 Å². The van der Waals surface area contributed by atoms with E-state index in [0.717, 1.165) is 12.1 Å². The van der Waals surface area contributed by atoms with Crippen LogP contribution < -0.4 is 16.6 Å². The van der Waals surface area contributed by atoms with Gasteiger partial charge < -0.3 is 10.6 Å². The molecule has 0 radical (unpaired) electrons. The van der Waals surface area contributed by atoms with Gasteiger partial charge in [-0.1, -0.05) is 17.7 Å². The molecule has 0 saturated carbocycles. The fourth-order valence-corrected chi connectivity index (χ4v) is 3.65. The van der Waals surface area contributed by atoms with E-state index in [1.54, 1.807) is 6.92 Å². The fraction of sp³-hybridized carbons (Fsp3) is 0.250. The molecule has 0 saturated heterocycles. The van der Waals surface area contributed by atoms with Crippen molar-refractivity contribution in [2.75, 3.05) is 11.6 Å². The maximum absolute atomic E-state index is 13.1. The zero-order valence-electron chi connectivity index (χ0n) is 15.9. The molecule has 1 unspecified atom stereocenters. The Morgan fingerprint density at radius 2 is 1.83 bits per heavy atom. The Kier molecular flexibility index (Phi) is 5.96. The van der Waals surface area contributed by atoms with Gasteiger partial charge >= 0.3 is 6.18 Å². The lowest BCUT2D eigenvalue weighted by Crippen LogP contribution is -2.49. The predicted molar refractivity (Wildman–Crippen MR) is 106 cm³/mol. The highest BCUT2D eigenvalue weighted by molar-refractivity contribution is 6.34. The summed E-state index contributed by atoms with van der Waals surface area (Å²) in [6, 6.07) is 8.04. The summed E-state index contributed by atoms with van der Waals surface area (Å²) in [7, 11) is 0. The summed E-state index contributed by atoms with van der Waals surface area (Å²) in [6.07, 6.45) is -4.42. The molecule has 4 N–H and O–H groups in total. The molecule has 1 amide bonds. The lowest BCUT2D eigenvalue weighted by atomic mass is 10.0. The Morgan fingerprint density at radius 3 is 2.43 bits per heavy atom. The van der Waals surface area contributed by atoms with Crippen molar-refractivity contribution in [2.45, 2.75) is 25.6 Å². The lowest BCUT2D eigenvalue weighted by Gasteiger charge is -2.38.